The minimum Gasteiger partial charge on any atom is -0.394 e. The molecule has 2 amide bonds. The zero-order valence-electron chi connectivity index (χ0n) is 21.6. The molecule has 9 nitrogen and oxygen atoms in total. The SMILES string of the molecule is CC(CO)(NC(=O)CN1Cc2ccc(-c3nc(NC4CCC(=O)CC4)ncc3Cl)cc2C1=O)c1ccccc1. The number of amides is 2. The molecule has 2 aliphatic rings. The third-order valence-electron chi connectivity index (χ3n) is 7.36. The maximum absolute atomic E-state index is 13.3. The maximum atomic E-state index is 13.3. The van der Waals surface area contributed by atoms with Gasteiger partial charge in [-0.25, -0.2) is 9.97 Å². The number of aromatic nitrogens is 2. The molecule has 0 spiro atoms. The van der Waals surface area contributed by atoms with Gasteiger partial charge in [0.05, 0.1) is 29.1 Å². The van der Waals surface area contributed by atoms with Crippen molar-refractivity contribution in [1.29, 1.82) is 0 Å². The standard InChI is InChI=1S/C29H30ClN5O4/c1-29(17-36,20-5-3-2-4-6-20)34-25(38)16-35-15-19-8-7-18(13-23(19)27(35)39)26-24(30)14-31-28(33-26)32-21-9-11-22(37)12-10-21/h2-8,13-14,21,36H,9-12,15-17H2,1H3,(H,34,38)(H,31,32,33). The first-order valence-corrected chi connectivity index (χ1v) is 13.3. The van der Waals surface area contributed by atoms with E-state index >= 15 is 0 Å². The average molecular weight is 548 g/mol. The fourth-order valence-electron chi connectivity index (χ4n) is 5.07. The molecule has 202 valence electrons. The molecule has 1 aliphatic heterocycles. The molecule has 5 rings (SSSR count). The summed E-state index contributed by atoms with van der Waals surface area (Å²) in [5, 5.41) is 16.5. The van der Waals surface area contributed by atoms with Gasteiger partial charge in [-0.1, -0.05) is 54.1 Å². The Bertz CT molecular complexity index is 1410. The quantitative estimate of drug-likeness (QED) is 0.393. The number of ketones is 1. The van der Waals surface area contributed by atoms with Crippen molar-refractivity contribution >= 4 is 35.1 Å². The molecule has 1 unspecified atom stereocenters. The number of benzene rings is 2. The van der Waals surface area contributed by atoms with Crippen LogP contribution in [0.3, 0.4) is 0 Å². The van der Waals surface area contributed by atoms with Crippen molar-refractivity contribution in [3.8, 4) is 11.3 Å². The van der Waals surface area contributed by atoms with Crippen LogP contribution < -0.4 is 10.6 Å². The van der Waals surface area contributed by atoms with Crippen LogP contribution in [-0.4, -0.2) is 56.8 Å². The highest BCUT2D eigenvalue weighted by atomic mass is 35.5. The molecule has 1 aromatic heterocycles. The predicted octanol–water partition coefficient (Wildman–Crippen LogP) is 3.70. The number of halogens is 1. The van der Waals surface area contributed by atoms with Gasteiger partial charge in [0.25, 0.3) is 5.91 Å². The van der Waals surface area contributed by atoms with Crippen molar-refractivity contribution in [1.82, 2.24) is 20.2 Å². The summed E-state index contributed by atoms with van der Waals surface area (Å²) in [5.41, 5.74) is 2.26. The lowest BCUT2D eigenvalue weighted by Crippen LogP contribution is -2.49. The van der Waals surface area contributed by atoms with Crippen molar-refractivity contribution in [2.24, 2.45) is 0 Å². The smallest absolute Gasteiger partial charge is 0.254 e. The number of carbonyl (C=O) groups is 3. The molecule has 2 heterocycles. The second kappa shape index (κ2) is 11.1. The van der Waals surface area contributed by atoms with Gasteiger partial charge in [0.1, 0.15) is 12.3 Å². The molecule has 3 N–H and O–H groups in total. The molecule has 2 aromatic carbocycles. The molecule has 0 bridgehead atoms. The molecule has 0 saturated heterocycles. The van der Waals surface area contributed by atoms with Gasteiger partial charge in [-0.2, -0.15) is 0 Å². The van der Waals surface area contributed by atoms with Crippen LogP contribution in [0.1, 0.15) is 54.1 Å². The molecule has 10 heteroatoms. The Hall–Kier alpha value is -3.82. The number of Topliss-reactive ketones (excluding diaryl/α,β-unsaturated/α-hetero) is 1. The van der Waals surface area contributed by atoms with E-state index in [9.17, 15) is 19.5 Å². The first-order chi connectivity index (χ1) is 18.8. The van der Waals surface area contributed by atoms with Crippen molar-refractivity contribution in [2.75, 3.05) is 18.5 Å². The van der Waals surface area contributed by atoms with Gasteiger partial charge >= 0.3 is 0 Å². The molecular weight excluding hydrogens is 518 g/mol. The molecule has 1 fully saturated rings. The van der Waals surface area contributed by atoms with Gasteiger partial charge in [-0.3, -0.25) is 14.4 Å². The number of anilines is 1. The number of nitrogens with one attached hydrogen (secondary N) is 2. The van der Waals surface area contributed by atoms with Crippen molar-refractivity contribution in [3.63, 3.8) is 0 Å². The summed E-state index contributed by atoms with van der Waals surface area (Å²) in [7, 11) is 0. The van der Waals surface area contributed by atoms with E-state index in [1.165, 1.54) is 11.1 Å². The van der Waals surface area contributed by atoms with E-state index in [-0.39, 0.29) is 36.8 Å². The van der Waals surface area contributed by atoms with Crippen LogP contribution >= 0.6 is 11.6 Å². The van der Waals surface area contributed by atoms with E-state index < -0.39 is 5.54 Å². The first-order valence-electron chi connectivity index (χ1n) is 13.0. The van der Waals surface area contributed by atoms with Crippen molar-refractivity contribution in [3.05, 3.63) is 76.4 Å². The number of nitrogens with zero attached hydrogens (tertiary/aromatic N) is 3. The zero-order chi connectivity index (χ0) is 27.6. The summed E-state index contributed by atoms with van der Waals surface area (Å²) in [6.45, 7) is 1.62. The third kappa shape index (κ3) is 5.79. The van der Waals surface area contributed by atoms with Crippen LogP contribution in [0.15, 0.2) is 54.7 Å². The molecule has 3 aromatic rings. The van der Waals surface area contributed by atoms with E-state index in [1.54, 1.807) is 13.0 Å². The summed E-state index contributed by atoms with van der Waals surface area (Å²) < 4.78 is 0. The van der Waals surface area contributed by atoms with Crippen LogP contribution in [-0.2, 0) is 21.7 Å². The highest BCUT2D eigenvalue weighted by molar-refractivity contribution is 6.33. The van der Waals surface area contributed by atoms with E-state index in [0.717, 1.165) is 24.0 Å². The third-order valence-corrected chi connectivity index (χ3v) is 7.64. The molecule has 0 radical (unpaired) electrons. The van der Waals surface area contributed by atoms with Crippen LogP contribution in [0.5, 0.6) is 0 Å². The number of fused-ring (bicyclic) bond motifs is 1. The summed E-state index contributed by atoms with van der Waals surface area (Å²) >= 11 is 6.44. The predicted molar refractivity (Wildman–Crippen MR) is 147 cm³/mol. The lowest BCUT2D eigenvalue weighted by Gasteiger charge is -2.30. The minimum absolute atomic E-state index is 0.118. The summed E-state index contributed by atoms with van der Waals surface area (Å²) in [6.07, 6.45) is 4.09. The van der Waals surface area contributed by atoms with Gasteiger partial charge < -0.3 is 20.6 Å². The number of aliphatic hydroxyl groups excluding tert-OH is 1. The zero-order valence-corrected chi connectivity index (χ0v) is 22.4. The largest absolute Gasteiger partial charge is 0.394 e. The Kier molecular flexibility index (Phi) is 7.63. The Morgan fingerprint density at radius 3 is 2.62 bits per heavy atom. The van der Waals surface area contributed by atoms with Crippen LogP contribution in [0.4, 0.5) is 5.95 Å². The van der Waals surface area contributed by atoms with Crippen LogP contribution in [0.2, 0.25) is 5.02 Å². The summed E-state index contributed by atoms with van der Waals surface area (Å²) in [4.78, 5) is 48.1. The van der Waals surface area contributed by atoms with E-state index in [4.69, 9.17) is 11.6 Å². The Labute approximate surface area is 231 Å². The van der Waals surface area contributed by atoms with Gasteiger partial charge in [-0.05, 0) is 37.0 Å². The Balaban J connectivity index is 1.29. The number of carbonyl (C=O) groups excluding carboxylic acids is 3. The number of hydrogen-bond acceptors (Lipinski definition) is 7. The molecule has 39 heavy (non-hydrogen) atoms. The van der Waals surface area contributed by atoms with Gasteiger partial charge in [0, 0.05) is 36.6 Å². The van der Waals surface area contributed by atoms with Crippen molar-refractivity contribution < 1.29 is 19.5 Å². The maximum Gasteiger partial charge on any atom is 0.254 e. The molecule has 1 atom stereocenters. The summed E-state index contributed by atoms with van der Waals surface area (Å²) in [6, 6.07) is 14.8. The van der Waals surface area contributed by atoms with Crippen LogP contribution in [0.25, 0.3) is 11.3 Å². The molecular formula is C29H30ClN5O4. The fourth-order valence-corrected chi connectivity index (χ4v) is 5.27. The Morgan fingerprint density at radius 2 is 1.90 bits per heavy atom. The highest BCUT2D eigenvalue weighted by Crippen LogP contribution is 2.32. The second-order valence-electron chi connectivity index (χ2n) is 10.3. The normalized spacial score (nSPS) is 17.1. The average Bonchev–Trinajstić information content (AvgIpc) is 3.25. The van der Waals surface area contributed by atoms with Crippen LogP contribution in [0, 0.1) is 0 Å². The molecule has 1 aliphatic carbocycles. The first kappa shape index (κ1) is 26.8. The minimum atomic E-state index is -0.968. The number of rotatable bonds is 8. The van der Waals surface area contributed by atoms with E-state index in [0.29, 0.717) is 47.2 Å². The number of hydrogen-bond donors (Lipinski definition) is 3. The fraction of sp³-hybridized carbons (Fsp3) is 0.345. The second-order valence-corrected chi connectivity index (χ2v) is 10.7. The van der Waals surface area contributed by atoms with Gasteiger partial charge in [0.2, 0.25) is 11.9 Å². The van der Waals surface area contributed by atoms with Gasteiger partial charge in [0.15, 0.2) is 0 Å². The van der Waals surface area contributed by atoms with Gasteiger partial charge in [-0.15, -0.1) is 0 Å². The van der Waals surface area contributed by atoms with Crippen molar-refractivity contribution in [2.45, 2.75) is 50.7 Å². The van der Waals surface area contributed by atoms with E-state index in [1.807, 2.05) is 42.5 Å². The molecule has 1 saturated carbocycles. The summed E-state index contributed by atoms with van der Waals surface area (Å²) in [5.74, 6) is 0.0708. The highest BCUT2D eigenvalue weighted by Gasteiger charge is 2.33. The topological polar surface area (TPSA) is 125 Å². The monoisotopic (exact) mass is 547 g/mol. The lowest BCUT2D eigenvalue weighted by atomic mass is 9.93. The number of aliphatic hydroxyl groups is 1. The van der Waals surface area contributed by atoms with E-state index in [2.05, 4.69) is 20.6 Å². The Morgan fingerprint density at radius 1 is 1.15 bits per heavy atom. The lowest BCUT2D eigenvalue weighted by molar-refractivity contribution is -0.124.